The van der Waals surface area contributed by atoms with E-state index in [1.165, 1.54) is 5.56 Å². The topological polar surface area (TPSA) is 42.2 Å². The van der Waals surface area contributed by atoms with Gasteiger partial charge in [-0.15, -0.1) is 0 Å². The van der Waals surface area contributed by atoms with Crippen molar-refractivity contribution in [1.82, 2.24) is 4.57 Å². The van der Waals surface area contributed by atoms with Gasteiger partial charge in [0.2, 0.25) is 0 Å². The molecule has 3 heteroatoms. The summed E-state index contributed by atoms with van der Waals surface area (Å²) < 4.78 is 1.95. The molecule has 3 nitrogen and oxygen atoms in total. The molecule has 94 valence electrons. The van der Waals surface area contributed by atoms with E-state index in [4.69, 9.17) is 0 Å². The zero-order valence-electron chi connectivity index (χ0n) is 10.9. The summed E-state index contributed by atoms with van der Waals surface area (Å²) >= 11 is 0. The van der Waals surface area contributed by atoms with E-state index in [1.54, 1.807) is 12.3 Å². The molecule has 0 aliphatic carbocycles. The van der Waals surface area contributed by atoms with Crippen molar-refractivity contribution in [2.75, 3.05) is 0 Å². The highest BCUT2D eigenvalue weighted by Gasteiger charge is 2.07. The van der Waals surface area contributed by atoms with Gasteiger partial charge in [0, 0.05) is 29.2 Å². The third-order valence-corrected chi connectivity index (χ3v) is 3.12. The van der Waals surface area contributed by atoms with Crippen LogP contribution >= 0.6 is 0 Å². The van der Waals surface area contributed by atoms with Crippen LogP contribution in [0.3, 0.4) is 0 Å². The molecule has 2 rings (SSSR count). The molecule has 0 atom stereocenters. The highest BCUT2D eigenvalue weighted by molar-refractivity contribution is 5.44. The van der Waals surface area contributed by atoms with E-state index in [0.29, 0.717) is 5.56 Å². The largest absolute Gasteiger partial charge is 0.391 e. The minimum absolute atomic E-state index is 0.114. The van der Waals surface area contributed by atoms with Gasteiger partial charge in [-0.3, -0.25) is 4.79 Å². The Kier molecular flexibility index (Phi) is 3.34. The smallest absolute Gasteiger partial charge is 0.187 e. The van der Waals surface area contributed by atoms with Crippen LogP contribution in [-0.4, -0.2) is 9.67 Å². The van der Waals surface area contributed by atoms with Crippen molar-refractivity contribution < 1.29 is 5.11 Å². The Morgan fingerprint density at radius 2 is 1.89 bits per heavy atom. The highest BCUT2D eigenvalue weighted by Crippen LogP contribution is 2.17. The molecule has 18 heavy (non-hydrogen) atoms. The van der Waals surface area contributed by atoms with Gasteiger partial charge in [-0.25, -0.2) is 0 Å². The Morgan fingerprint density at radius 1 is 1.17 bits per heavy atom. The van der Waals surface area contributed by atoms with Gasteiger partial charge in [0.1, 0.15) is 0 Å². The maximum atomic E-state index is 11.6. The minimum atomic E-state index is -0.232. The Bertz CT molecular complexity index is 641. The molecule has 0 bridgehead atoms. The normalized spacial score (nSPS) is 10.7. The fourth-order valence-electron chi connectivity index (χ4n) is 2.03. The molecule has 1 aromatic carbocycles. The van der Waals surface area contributed by atoms with Crippen LogP contribution in [0.15, 0.2) is 35.3 Å². The van der Waals surface area contributed by atoms with Crippen molar-refractivity contribution in [2.24, 2.45) is 0 Å². The lowest BCUT2D eigenvalue weighted by Crippen LogP contribution is -2.14. The Labute approximate surface area is 106 Å². The summed E-state index contributed by atoms with van der Waals surface area (Å²) in [5, 5.41) is 9.19. The lowest BCUT2D eigenvalue weighted by Gasteiger charge is -2.15. The van der Waals surface area contributed by atoms with Crippen molar-refractivity contribution in [3.63, 3.8) is 0 Å². The molecular weight excluding hydrogens is 226 g/mol. The van der Waals surface area contributed by atoms with Gasteiger partial charge in [-0.05, 0) is 38.0 Å². The summed E-state index contributed by atoms with van der Waals surface area (Å²) in [7, 11) is 0. The van der Waals surface area contributed by atoms with Crippen molar-refractivity contribution in [3.05, 3.63) is 63.1 Å². The molecule has 1 aromatic heterocycles. The van der Waals surface area contributed by atoms with Crippen molar-refractivity contribution in [1.29, 1.82) is 0 Å². The average molecular weight is 243 g/mol. The first-order chi connectivity index (χ1) is 8.52. The van der Waals surface area contributed by atoms with Crippen molar-refractivity contribution >= 4 is 0 Å². The number of aromatic nitrogens is 1. The van der Waals surface area contributed by atoms with Crippen molar-refractivity contribution in [2.45, 2.75) is 27.4 Å². The lowest BCUT2D eigenvalue weighted by molar-refractivity contribution is 0.280. The van der Waals surface area contributed by atoms with E-state index < -0.39 is 0 Å². The van der Waals surface area contributed by atoms with Gasteiger partial charge in [-0.2, -0.15) is 0 Å². The first-order valence-electron chi connectivity index (χ1n) is 5.93. The zero-order chi connectivity index (χ0) is 13.3. The molecule has 0 saturated carbocycles. The van der Waals surface area contributed by atoms with Crippen molar-refractivity contribution in [3.8, 4) is 5.69 Å². The summed E-state index contributed by atoms with van der Waals surface area (Å²) in [6.45, 7) is 5.73. The number of aliphatic hydroxyl groups excluding tert-OH is 1. The van der Waals surface area contributed by atoms with Crippen LogP contribution in [0.5, 0.6) is 0 Å². The van der Waals surface area contributed by atoms with Crippen LogP contribution in [-0.2, 0) is 6.61 Å². The maximum absolute atomic E-state index is 11.6. The molecule has 0 aliphatic heterocycles. The monoisotopic (exact) mass is 243 g/mol. The second-order valence-corrected chi connectivity index (χ2v) is 4.62. The quantitative estimate of drug-likeness (QED) is 0.879. The molecule has 0 saturated heterocycles. The lowest BCUT2D eigenvalue weighted by atomic mass is 10.1. The number of pyridine rings is 1. The van der Waals surface area contributed by atoms with E-state index in [-0.39, 0.29) is 12.0 Å². The van der Waals surface area contributed by atoms with Crippen LogP contribution < -0.4 is 5.43 Å². The molecule has 0 aliphatic rings. The third-order valence-electron chi connectivity index (χ3n) is 3.12. The first-order valence-corrected chi connectivity index (χ1v) is 5.93. The summed E-state index contributed by atoms with van der Waals surface area (Å²) in [5.41, 5.74) is 4.52. The molecule has 0 fully saturated rings. The molecule has 1 heterocycles. The van der Waals surface area contributed by atoms with Gasteiger partial charge < -0.3 is 9.67 Å². The summed E-state index contributed by atoms with van der Waals surface area (Å²) in [5.74, 6) is 0. The van der Waals surface area contributed by atoms with Gasteiger partial charge in [0.05, 0.1) is 6.61 Å². The molecule has 2 aromatic rings. The average Bonchev–Trinajstić information content (AvgIpc) is 2.33. The number of nitrogens with zero attached hydrogens (tertiary/aromatic N) is 1. The number of aryl methyl sites for hydroxylation is 3. The predicted octanol–water partition coefficient (Wildman–Crippen LogP) is 2.26. The summed E-state index contributed by atoms with van der Waals surface area (Å²) in [6.07, 6.45) is 1.72. The van der Waals surface area contributed by atoms with Gasteiger partial charge in [0.25, 0.3) is 0 Å². The maximum Gasteiger partial charge on any atom is 0.187 e. The fourth-order valence-corrected chi connectivity index (χ4v) is 2.03. The SMILES string of the molecule is Cc1ccc(C)c(-n2cc(CO)c(=O)cc2C)c1. The number of benzene rings is 1. The minimum Gasteiger partial charge on any atom is -0.391 e. The molecule has 0 radical (unpaired) electrons. The number of rotatable bonds is 2. The zero-order valence-corrected chi connectivity index (χ0v) is 10.9. The van der Waals surface area contributed by atoms with Crippen LogP contribution in [0.1, 0.15) is 22.4 Å². The molecule has 1 N–H and O–H groups in total. The summed E-state index contributed by atoms with van der Waals surface area (Å²) in [4.78, 5) is 11.6. The van der Waals surface area contributed by atoms with E-state index >= 15 is 0 Å². The first kappa shape index (κ1) is 12.6. The third kappa shape index (κ3) is 2.22. The molecular formula is C15H17NO2. The van der Waals surface area contributed by atoms with E-state index in [9.17, 15) is 9.90 Å². The number of hydrogen-bond donors (Lipinski definition) is 1. The molecule has 0 amide bonds. The van der Waals surface area contributed by atoms with Gasteiger partial charge in [-0.1, -0.05) is 12.1 Å². The van der Waals surface area contributed by atoms with Crippen LogP contribution in [0.25, 0.3) is 5.69 Å². The second kappa shape index (κ2) is 4.78. The number of aliphatic hydroxyl groups is 1. The van der Waals surface area contributed by atoms with Crippen LogP contribution in [0.2, 0.25) is 0 Å². The Hall–Kier alpha value is -1.87. The second-order valence-electron chi connectivity index (χ2n) is 4.62. The predicted molar refractivity (Wildman–Crippen MR) is 72.2 cm³/mol. The van der Waals surface area contributed by atoms with Crippen LogP contribution in [0, 0.1) is 20.8 Å². The van der Waals surface area contributed by atoms with E-state index in [0.717, 1.165) is 16.9 Å². The van der Waals surface area contributed by atoms with E-state index in [1.807, 2.05) is 25.3 Å². The van der Waals surface area contributed by atoms with E-state index in [2.05, 4.69) is 18.2 Å². The molecule has 0 spiro atoms. The van der Waals surface area contributed by atoms with Gasteiger partial charge in [0.15, 0.2) is 5.43 Å². The highest BCUT2D eigenvalue weighted by atomic mass is 16.3. The standard InChI is InChI=1S/C15H17NO2/c1-10-4-5-11(2)14(6-10)16-8-13(9-17)15(18)7-12(16)3/h4-8,17H,9H2,1-3H3. The van der Waals surface area contributed by atoms with Gasteiger partial charge >= 0.3 is 0 Å². The Balaban J connectivity index is 2.70. The van der Waals surface area contributed by atoms with Crippen LogP contribution in [0.4, 0.5) is 0 Å². The fraction of sp³-hybridized carbons (Fsp3) is 0.267. The molecule has 0 unspecified atom stereocenters. The number of hydrogen-bond acceptors (Lipinski definition) is 2. The summed E-state index contributed by atoms with van der Waals surface area (Å²) in [6, 6.07) is 7.76. The Morgan fingerprint density at radius 3 is 2.56 bits per heavy atom.